The van der Waals surface area contributed by atoms with Gasteiger partial charge in [0.15, 0.2) is 0 Å². The van der Waals surface area contributed by atoms with Crippen LogP contribution in [0.15, 0.2) is 24.3 Å². The number of ether oxygens (including phenoxy) is 1. The molecular weight excluding hydrogens is 174 g/mol. The minimum Gasteiger partial charge on any atom is -0.493 e. The highest BCUT2D eigenvalue weighted by atomic mass is 16.5. The third-order valence-electron chi connectivity index (χ3n) is 3.12. The molecule has 76 valence electrons. The van der Waals surface area contributed by atoms with Crippen LogP contribution in [0.2, 0.25) is 0 Å². The van der Waals surface area contributed by atoms with Gasteiger partial charge in [0.1, 0.15) is 5.75 Å². The topological polar surface area (TPSA) is 35.2 Å². The molecular formula is C12H17NO. The van der Waals surface area contributed by atoms with Gasteiger partial charge in [-0.2, -0.15) is 0 Å². The van der Waals surface area contributed by atoms with Gasteiger partial charge in [0.25, 0.3) is 0 Å². The van der Waals surface area contributed by atoms with E-state index in [9.17, 15) is 0 Å². The predicted octanol–water partition coefficient (Wildman–Crippen LogP) is 2.08. The van der Waals surface area contributed by atoms with E-state index < -0.39 is 0 Å². The minimum absolute atomic E-state index is 0.0904. The van der Waals surface area contributed by atoms with Crippen molar-refractivity contribution in [3.63, 3.8) is 0 Å². The number of benzene rings is 1. The maximum absolute atomic E-state index is 5.87. The minimum atomic E-state index is 0.0904. The standard InChI is InChI=1S/C12H17NO/c1-12(9-13)7-4-8-14-11-6-3-2-5-10(11)12/h2-3,5-6H,4,7-9,13H2,1H3. The Hall–Kier alpha value is -1.02. The number of hydrogen-bond acceptors (Lipinski definition) is 2. The molecule has 0 spiro atoms. The first-order valence-electron chi connectivity index (χ1n) is 5.19. The largest absolute Gasteiger partial charge is 0.493 e. The molecule has 0 bridgehead atoms. The summed E-state index contributed by atoms with van der Waals surface area (Å²) >= 11 is 0. The van der Waals surface area contributed by atoms with E-state index in [-0.39, 0.29) is 5.41 Å². The molecule has 0 aliphatic carbocycles. The summed E-state index contributed by atoms with van der Waals surface area (Å²) in [6.07, 6.45) is 2.20. The van der Waals surface area contributed by atoms with Crippen molar-refractivity contribution in [1.82, 2.24) is 0 Å². The highest BCUT2D eigenvalue weighted by Gasteiger charge is 2.29. The van der Waals surface area contributed by atoms with Crippen molar-refractivity contribution in [1.29, 1.82) is 0 Å². The van der Waals surface area contributed by atoms with Crippen LogP contribution in [-0.4, -0.2) is 13.2 Å². The molecule has 0 saturated heterocycles. The summed E-state index contributed by atoms with van der Waals surface area (Å²) in [5, 5.41) is 0. The van der Waals surface area contributed by atoms with E-state index in [1.165, 1.54) is 5.56 Å². The number of hydrogen-bond donors (Lipinski definition) is 1. The zero-order valence-electron chi connectivity index (χ0n) is 8.62. The third kappa shape index (κ3) is 1.50. The van der Waals surface area contributed by atoms with Crippen LogP contribution in [0.4, 0.5) is 0 Å². The zero-order chi connectivity index (χ0) is 10.0. The molecule has 2 nitrogen and oxygen atoms in total. The molecule has 14 heavy (non-hydrogen) atoms. The lowest BCUT2D eigenvalue weighted by atomic mass is 9.79. The Morgan fingerprint density at radius 3 is 3.00 bits per heavy atom. The highest BCUT2D eigenvalue weighted by Crippen LogP contribution is 2.36. The van der Waals surface area contributed by atoms with Crippen LogP contribution in [0.1, 0.15) is 25.3 Å². The third-order valence-corrected chi connectivity index (χ3v) is 3.12. The summed E-state index contributed by atoms with van der Waals surface area (Å²) in [4.78, 5) is 0. The second kappa shape index (κ2) is 3.62. The second-order valence-corrected chi connectivity index (χ2v) is 4.21. The van der Waals surface area contributed by atoms with Gasteiger partial charge in [-0.3, -0.25) is 0 Å². The first-order valence-corrected chi connectivity index (χ1v) is 5.19. The van der Waals surface area contributed by atoms with Gasteiger partial charge in [0, 0.05) is 17.5 Å². The van der Waals surface area contributed by atoms with Crippen molar-refractivity contribution in [2.24, 2.45) is 5.73 Å². The van der Waals surface area contributed by atoms with Crippen molar-refractivity contribution in [2.75, 3.05) is 13.2 Å². The van der Waals surface area contributed by atoms with E-state index in [4.69, 9.17) is 10.5 Å². The van der Waals surface area contributed by atoms with E-state index >= 15 is 0 Å². The van der Waals surface area contributed by atoms with Gasteiger partial charge < -0.3 is 10.5 Å². The fourth-order valence-electron chi connectivity index (χ4n) is 2.08. The number of nitrogens with two attached hydrogens (primary N) is 1. The number of para-hydroxylation sites is 1. The molecule has 1 aromatic carbocycles. The molecule has 2 heteroatoms. The van der Waals surface area contributed by atoms with E-state index in [0.29, 0.717) is 6.54 Å². The van der Waals surface area contributed by atoms with E-state index in [2.05, 4.69) is 19.1 Å². The molecule has 0 fully saturated rings. The summed E-state index contributed by atoms with van der Waals surface area (Å²) in [5.74, 6) is 1.01. The van der Waals surface area contributed by atoms with Crippen molar-refractivity contribution >= 4 is 0 Å². The zero-order valence-corrected chi connectivity index (χ0v) is 8.62. The van der Waals surface area contributed by atoms with Gasteiger partial charge in [-0.15, -0.1) is 0 Å². The van der Waals surface area contributed by atoms with Gasteiger partial charge in [-0.1, -0.05) is 25.1 Å². The Morgan fingerprint density at radius 1 is 1.43 bits per heavy atom. The molecule has 1 unspecified atom stereocenters. The van der Waals surface area contributed by atoms with Crippen molar-refractivity contribution < 1.29 is 4.74 Å². The Labute approximate surface area is 85.1 Å². The van der Waals surface area contributed by atoms with Gasteiger partial charge in [-0.25, -0.2) is 0 Å². The lowest BCUT2D eigenvalue weighted by Gasteiger charge is -2.27. The fraction of sp³-hybridized carbons (Fsp3) is 0.500. The van der Waals surface area contributed by atoms with Gasteiger partial charge in [-0.05, 0) is 18.9 Å². The van der Waals surface area contributed by atoms with E-state index in [1.54, 1.807) is 0 Å². The van der Waals surface area contributed by atoms with Gasteiger partial charge in [0.05, 0.1) is 6.61 Å². The molecule has 0 amide bonds. The van der Waals surface area contributed by atoms with Crippen molar-refractivity contribution in [2.45, 2.75) is 25.2 Å². The van der Waals surface area contributed by atoms with Crippen LogP contribution in [0, 0.1) is 0 Å². The SMILES string of the molecule is CC1(CN)CCCOc2ccccc21. The second-order valence-electron chi connectivity index (χ2n) is 4.21. The fourth-order valence-corrected chi connectivity index (χ4v) is 2.08. The first-order chi connectivity index (χ1) is 6.76. The lowest BCUT2D eigenvalue weighted by Crippen LogP contribution is -2.31. The van der Waals surface area contributed by atoms with Crippen LogP contribution in [-0.2, 0) is 5.41 Å². The Morgan fingerprint density at radius 2 is 2.21 bits per heavy atom. The van der Waals surface area contributed by atoms with E-state index in [1.807, 2.05) is 12.1 Å². The van der Waals surface area contributed by atoms with Crippen LogP contribution in [0.25, 0.3) is 0 Å². The molecule has 2 N–H and O–H groups in total. The number of rotatable bonds is 1. The molecule has 2 rings (SSSR count). The van der Waals surface area contributed by atoms with Gasteiger partial charge in [0.2, 0.25) is 0 Å². The molecule has 1 heterocycles. The monoisotopic (exact) mass is 191 g/mol. The normalized spacial score (nSPS) is 26.1. The number of fused-ring (bicyclic) bond motifs is 1. The smallest absolute Gasteiger partial charge is 0.123 e. The first kappa shape index (κ1) is 9.53. The van der Waals surface area contributed by atoms with Crippen molar-refractivity contribution in [3.8, 4) is 5.75 Å². The van der Waals surface area contributed by atoms with Crippen LogP contribution in [0.5, 0.6) is 5.75 Å². The van der Waals surface area contributed by atoms with Crippen LogP contribution in [0.3, 0.4) is 0 Å². The molecule has 0 saturated carbocycles. The molecule has 1 atom stereocenters. The Bertz CT molecular complexity index is 324. The maximum Gasteiger partial charge on any atom is 0.123 e. The molecule has 1 aliphatic heterocycles. The van der Waals surface area contributed by atoms with Gasteiger partial charge >= 0.3 is 0 Å². The quantitative estimate of drug-likeness (QED) is 0.737. The van der Waals surface area contributed by atoms with Crippen LogP contribution >= 0.6 is 0 Å². The highest BCUT2D eigenvalue weighted by molar-refractivity contribution is 5.40. The molecule has 0 aromatic heterocycles. The Kier molecular flexibility index (Phi) is 2.46. The molecule has 1 aliphatic rings. The summed E-state index contributed by atoms with van der Waals surface area (Å²) < 4.78 is 5.69. The molecule has 1 aromatic rings. The van der Waals surface area contributed by atoms with E-state index in [0.717, 1.165) is 25.2 Å². The average Bonchev–Trinajstić information content (AvgIpc) is 2.40. The lowest BCUT2D eigenvalue weighted by molar-refractivity contribution is 0.313. The Balaban J connectivity index is 2.47. The summed E-state index contributed by atoms with van der Waals surface area (Å²) in [5.41, 5.74) is 7.22. The summed E-state index contributed by atoms with van der Waals surface area (Å²) in [6, 6.07) is 8.24. The van der Waals surface area contributed by atoms with Crippen molar-refractivity contribution in [3.05, 3.63) is 29.8 Å². The van der Waals surface area contributed by atoms with Crippen LogP contribution < -0.4 is 10.5 Å². The average molecular weight is 191 g/mol. The summed E-state index contributed by atoms with van der Waals surface area (Å²) in [7, 11) is 0. The predicted molar refractivity (Wildman–Crippen MR) is 57.6 cm³/mol. The summed E-state index contributed by atoms with van der Waals surface area (Å²) in [6.45, 7) is 3.72. The molecule has 0 radical (unpaired) electrons. The maximum atomic E-state index is 5.87.